The number of pyridine rings is 3. The molecule has 0 saturated heterocycles. The molecule has 0 aromatic carbocycles. The number of nitrogen functional groups attached to an aromatic ring is 2. The van der Waals surface area contributed by atoms with Gasteiger partial charge in [-0.3, -0.25) is 9.36 Å². The summed E-state index contributed by atoms with van der Waals surface area (Å²) in [6.45, 7) is 1.78. The maximum absolute atomic E-state index is 12.7. The van der Waals surface area contributed by atoms with Crippen LogP contribution in [-0.4, -0.2) is 35.4 Å². The van der Waals surface area contributed by atoms with Crippen LogP contribution in [0.25, 0.3) is 22.5 Å². The molecule has 29 heavy (non-hydrogen) atoms. The van der Waals surface area contributed by atoms with E-state index in [0.717, 1.165) is 0 Å². The Balaban J connectivity index is 2.13. The Morgan fingerprint density at radius 2 is 2.00 bits per heavy atom. The minimum atomic E-state index is -1.37. The zero-order valence-electron chi connectivity index (χ0n) is 15.0. The number of fused-ring (bicyclic) bond motifs is 1. The van der Waals surface area contributed by atoms with Crippen LogP contribution in [0.15, 0.2) is 41.6 Å². The fraction of sp³-hybridized carbons (Fsp3) is 0.0556. The van der Waals surface area contributed by atoms with Crippen LogP contribution in [0.2, 0.25) is 5.02 Å². The highest BCUT2D eigenvalue weighted by atomic mass is 35.5. The lowest BCUT2D eigenvalue weighted by atomic mass is 10.1. The predicted octanol–water partition coefficient (Wildman–Crippen LogP) is 1.79. The molecule has 5 N–H and O–H groups in total. The second-order valence-electron chi connectivity index (χ2n) is 6.29. The highest BCUT2D eigenvalue weighted by Crippen LogP contribution is 2.26. The van der Waals surface area contributed by atoms with Crippen LogP contribution >= 0.6 is 11.6 Å². The number of carboxylic acids is 1. The number of carboxylic acid groups (broad SMARTS) is 1. The Labute approximate surface area is 168 Å². The number of hydrogen-bond donors (Lipinski definition) is 3. The summed E-state index contributed by atoms with van der Waals surface area (Å²) >= 11 is 6.31. The third-order valence-electron chi connectivity index (χ3n) is 4.33. The van der Waals surface area contributed by atoms with Gasteiger partial charge in [0, 0.05) is 18.5 Å². The van der Waals surface area contributed by atoms with Crippen LogP contribution in [0.1, 0.15) is 15.9 Å². The van der Waals surface area contributed by atoms with Crippen LogP contribution in [0, 0.1) is 6.92 Å². The molecule has 146 valence electrons. The zero-order valence-corrected chi connectivity index (χ0v) is 15.8. The molecule has 0 saturated carbocycles. The van der Waals surface area contributed by atoms with Gasteiger partial charge in [-0.25, -0.2) is 19.4 Å². The van der Waals surface area contributed by atoms with Gasteiger partial charge in [-0.1, -0.05) is 11.6 Å². The normalized spacial score (nSPS) is 11.1. The molecule has 4 heterocycles. The van der Waals surface area contributed by atoms with E-state index in [1.165, 1.54) is 27.7 Å². The van der Waals surface area contributed by atoms with E-state index >= 15 is 0 Å². The molecule has 4 aromatic rings. The summed E-state index contributed by atoms with van der Waals surface area (Å²) in [5.74, 6) is -0.571. The summed E-state index contributed by atoms with van der Waals surface area (Å²) in [7, 11) is 0. The zero-order chi connectivity index (χ0) is 20.9. The molecule has 4 aromatic heterocycles. The van der Waals surface area contributed by atoms with Crippen LogP contribution in [0.3, 0.4) is 0 Å². The third kappa shape index (κ3) is 3.05. The molecule has 0 radical (unpaired) electrons. The molecular weight excluding hydrogens is 398 g/mol. The van der Waals surface area contributed by atoms with E-state index in [2.05, 4.69) is 15.1 Å². The van der Waals surface area contributed by atoms with E-state index in [-0.39, 0.29) is 27.7 Å². The molecule has 11 heteroatoms. The summed E-state index contributed by atoms with van der Waals surface area (Å²) in [6, 6.07) is 4.56. The molecule has 0 aliphatic heterocycles. The van der Waals surface area contributed by atoms with E-state index < -0.39 is 17.0 Å². The number of hydrogen-bond acceptors (Lipinski definition) is 7. The molecule has 0 bridgehead atoms. The predicted molar refractivity (Wildman–Crippen MR) is 108 cm³/mol. The SMILES string of the molecule is Cc1cc(N)ncc1-n1cc(C(=O)O)c(=O)c2cc(Cl)c(-n3ccc(N)n3)nc21. The largest absolute Gasteiger partial charge is 0.477 e. The standard InChI is InChI=1S/C18H14ClN7O3/c1-8-4-14(21)22-6-12(8)25-7-10(18(28)29)15(27)9-5-11(19)17(23-16(9)25)26-3-2-13(20)24-26/h2-7H,1H3,(H2,20,24)(H2,21,22)(H,28,29). The molecule has 10 nitrogen and oxygen atoms in total. The first-order valence-corrected chi connectivity index (χ1v) is 8.67. The number of anilines is 2. The highest BCUT2D eigenvalue weighted by molar-refractivity contribution is 6.32. The summed E-state index contributed by atoms with van der Waals surface area (Å²) in [5, 5.41) is 13.7. The van der Waals surface area contributed by atoms with Crippen LogP contribution in [0.4, 0.5) is 11.6 Å². The fourth-order valence-electron chi connectivity index (χ4n) is 2.99. The quantitative estimate of drug-likeness (QED) is 0.460. The Morgan fingerprint density at radius 1 is 1.24 bits per heavy atom. The number of aromatic carboxylic acids is 1. The van der Waals surface area contributed by atoms with Gasteiger partial charge in [-0.2, -0.15) is 0 Å². The van der Waals surface area contributed by atoms with Gasteiger partial charge in [0.1, 0.15) is 17.2 Å². The molecule has 0 amide bonds. The first kappa shape index (κ1) is 18.4. The minimum Gasteiger partial charge on any atom is -0.477 e. The highest BCUT2D eigenvalue weighted by Gasteiger charge is 2.20. The molecule has 0 unspecified atom stereocenters. The third-order valence-corrected chi connectivity index (χ3v) is 4.61. The van der Waals surface area contributed by atoms with E-state index in [0.29, 0.717) is 17.1 Å². The monoisotopic (exact) mass is 411 g/mol. The molecule has 0 aliphatic carbocycles. The molecule has 0 atom stereocenters. The van der Waals surface area contributed by atoms with Crippen molar-refractivity contribution in [3.05, 3.63) is 63.2 Å². The molecule has 0 spiro atoms. The Morgan fingerprint density at radius 3 is 2.62 bits per heavy atom. The van der Waals surface area contributed by atoms with Crippen molar-refractivity contribution in [1.29, 1.82) is 0 Å². The lowest BCUT2D eigenvalue weighted by Gasteiger charge is -2.15. The lowest BCUT2D eigenvalue weighted by molar-refractivity contribution is 0.0695. The van der Waals surface area contributed by atoms with Gasteiger partial charge in [0.15, 0.2) is 11.5 Å². The molecule has 0 aliphatic rings. The van der Waals surface area contributed by atoms with Gasteiger partial charge < -0.3 is 16.6 Å². The number of carbonyl (C=O) groups is 1. The molecule has 4 rings (SSSR count). The topological polar surface area (TPSA) is 155 Å². The van der Waals surface area contributed by atoms with E-state index in [4.69, 9.17) is 23.1 Å². The van der Waals surface area contributed by atoms with Crippen molar-refractivity contribution in [3.8, 4) is 11.5 Å². The Bertz CT molecular complexity index is 1360. The van der Waals surface area contributed by atoms with Crippen LogP contribution in [0.5, 0.6) is 0 Å². The van der Waals surface area contributed by atoms with Crippen LogP contribution < -0.4 is 16.9 Å². The van der Waals surface area contributed by atoms with Gasteiger partial charge >= 0.3 is 5.97 Å². The van der Waals surface area contributed by atoms with Crippen molar-refractivity contribution in [2.24, 2.45) is 0 Å². The number of aryl methyl sites for hydroxylation is 1. The Kier molecular flexibility index (Phi) is 4.20. The average Bonchev–Trinajstić information content (AvgIpc) is 3.08. The van der Waals surface area contributed by atoms with Gasteiger partial charge in [0.25, 0.3) is 0 Å². The van der Waals surface area contributed by atoms with Gasteiger partial charge in [-0.15, -0.1) is 5.10 Å². The second kappa shape index (κ2) is 6.60. The summed E-state index contributed by atoms with van der Waals surface area (Å²) in [4.78, 5) is 32.9. The summed E-state index contributed by atoms with van der Waals surface area (Å²) < 4.78 is 2.83. The maximum Gasteiger partial charge on any atom is 0.341 e. The van der Waals surface area contributed by atoms with Crippen molar-refractivity contribution < 1.29 is 9.90 Å². The smallest absolute Gasteiger partial charge is 0.341 e. The number of nitrogens with zero attached hydrogens (tertiary/aromatic N) is 5. The van der Waals surface area contributed by atoms with Crippen molar-refractivity contribution >= 4 is 40.2 Å². The van der Waals surface area contributed by atoms with Gasteiger partial charge in [0.2, 0.25) is 5.43 Å². The Hall–Kier alpha value is -3.92. The van der Waals surface area contributed by atoms with Crippen LogP contribution in [-0.2, 0) is 0 Å². The summed E-state index contributed by atoms with van der Waals surface area (Å²) in [5.41, 5.74) is 11.7. The fourth-order valence-corrected chi connectivity index (χ4v) is 3.23. The van der Waals surface area contributed by atoms with Crippen molar-refractivity contribution in [3.63, 3.8) is 0 Å². The lowest BCUT2D eigenvalue weighted by Crippen LogP contribution is -2.20. The maximum atomic E-state index is 12.7. The average molecular weight is 412 g/mol. The number of aromatic nitrogens is 5. The number of halogens is 1. The van der Waals surface area contributed by atoms with E-state index in [1.54, 1.807) is 25.3 Å². The summed E-state index contributed by atoms with van der Waals surface area (Å²) in [6.07, 6.45) is 4.25. The van der Waals surface area contributed by atoms with Crippen molar-refractivity contribution in [1.82, 2.24) is 24.3 Å². The van der Waals surface area contributed by atoms with Crippen molar-refractivity contribution in [2.75, 3.05) is 11.5 Å². The van der Waals surface area contributed by atoms with E-state index in [9.17, 15) is 14.7 Å². The van der Waals surface area contributed by atoms with Crippen molar-refractivity contribution in [2.45, 2.75) is 6.92 Å². The van der Waals surface area contributed by atoms with Gasteiger partial charge in [-0.05, 0) is 24.6 Å². The first-order valence-electron chi connectivity index (χ1n) is 8.29. The molecular formula is C18H14ClN7O3. The second-order valence-corrected chi connectivity index (χ2v) is 6.70. The van der Waals surface area contributed by atoms with Gasteiger partial charge in [0.05, 0.1) is 22.3 Å². The number of nitrogens with two attached hydrogens (primary N) is 2. The van der Waals surface area contributed by atoms with E-state index in [1.807, 2.05) is 0 Å². The first-order chi connectivity index (χ1) is 13.8. The minimum absolute atomic E-state index is 0.0370. The molecule has 0 fully saturated rings. The number of rotatable bonds is 3.